The first kappa shape index (κ1) is 19.6. The van der Waals surface area contributed by atoms with Crippen LogP contribution < -0.4 is 10.1 Å². The molecular weight excluding hydrogens is 362 g/mol. The zero-order valence-electron chi connectivity index (χ0n) is 16.4. The predicted molar refractivity (Wildman–Crippen MR) is 102 cm³/mol. The number of rotatable bonds is 5. The standard InChI is InChI=1S/C20H29N3O5/c1-13(24)22-7-9-23(10-8-22)18-19(25)17(16-12-27-20(18)28-16)21-11-14-3-5-15(26-2)6-4-14/h3-6,16-21,25H,7-12H2,1-2H3/t16-,17+,18-,19-,20+/m0/s1. The number of hydrogen-bond acceptors (Lipinski definition) is 7. The van der Waals surface area contributed by atoms with Crippen molar-refractivity contribution in [3.05, 3.63) is 29.8 Å². The molecule has 0 spiro atoms. The van der Waals surface area contributed by atoms with Crippen molar-refractivity contribution in [2.24, 2.45) is 0 Å². The van der Waals surface area contributed by atoms with Crippen LogP contribution in [0.3, 0.4) is 0 Å². The predicted octanol–water partition coefficient (Wildman–Crippen LogP) is -0.198. The van der Waals surface area contributed by atoms with Gasteiger partial charge in [-0.2, -0.15) is 0 Å². The molecule has 0 radical (unpaired) electrons. The maximum absolute atomic E-state index is 11.6. The molecule has 0 aliphatic carbocycles. The van der Waals surface area contributed by atoms with E-state index in [1.807, 2.05) is 29.2 Å². The van der Waals surface area contributed by atoms with Crippen LogP contribution in [0, 0.1) is 0 Å². The van der Waals surface area contributed by atoms with Crippen molar-refractivity contribution in [2.45, 2.75) is 44.1 Å². The lowest BCUT2D eigenvalue weighted by molar-refractivity contribution is -0.186. The van der Waals surface area contributed by atoms with Crippen LogP contribution in [0.5, 0.6) is 5.75 Å². The Hall–Kier alpha value is -1.71. The molecule has 0 unspecified atom stereocenters. The molecule has 3 aliphatic rings. The van der Waals surface area contributed by atoms with Crippen LogP contribution in [-0.4, -0.2) is 91.3 Å². The highest BCUT2D eigenvalue weighted by molar-refractivity contribution is 5.73. The summed E-state index contributed by atoms with van der Waals surface area (Å²) in [6, 6.07) is 7.42. The lowest BCUT2D eigenvalue weighted by atomic mass is 9.94. The molecule has 0 aromatic heterocycles. The number of hydrogen-bond donors (Lipinski definition) is 2. The molecule has 28 heavy (non-hydrogen) atoms. The molecule has 2 bridgehead atoms. The van der Waals surface area contributed by atoms with Gasteiger partial charge in [0.05, 0.1) is 31.9 Å². The first-order chi connectivity index (χ1) is 13.6. The van der Waals surface area contributed by atoms with Gasteiger partial charge in [-0.05, 0) is 17.7 Å². The van der Waals surface area contributed by atoms with Gasteiger partial charge in [0, 0.05) is 39.6 Å². The highest BCUT2D eigenvalue weighted by Crippen LogP contribution is 2.32. The van der Waals surface area contributed by atoms with E-state index in [2.05, 4.69) is 10.2 Å². The number of carbonyl (C=O) groups is 1. The molecule has 4 rings (SSSR count). The Labute approximate surface area is 165 Å². The Kier molecular flexibility index (Phi) is 5.84. The van der Waals surface area contributed by atoms with Gasteiger partial charge in [-0.15, -0.1) is 0 Å². The molecule has 3 saturated heterocycles. The molecule has 8 nitrogen and oxygen atoms in total. The normalized spacial score (nSPS) is 33.1. The molecule has 8 heteroatoms. The Morgan fingerprint density at radius 2 is 1.96 bits per heavy atom. The fourth-order valence-corrected chi connectivity index (χ4v) is 4.36. The summed E-state index contributed by atoms with van der Waals surface area (Å²) in [6.45, 7) is 5.45. The van der Waals surface area contributed by atoms with Crippen LogP contribution in [0.2, 0.25) is 0 Å². The lowest BCUT2D eigenvalue weighted by Gasteiger charge is -2.46. The van der Waals surface area contributed by atoms with Crippen molar-refractivity contribution in [1.82, 2.24) is 15.1 Å². The summed E-state index contributed by atoms with van der Waals surface area (Å²) in [7, 11) is 1.65. The van der Waals surface area contributed by atoms with E-state index >= 15 is 0 Å². The van der Waals surface area contributed by atoms with Crippen molar-refractivity contribution in [3.8, 4) is 5.75 Å². The molecule has 154 valence electrons. The zero-order chi connectivity index (χ0) is 19.7. The summed E-state index contributed by atoms with van der Waals surface area (Å²) >= 11 is 0. The highest BCUT2D eigenvalue weighted by atomic mass is 16.7. The van der Waals surface area contributed by atoms with Gasteiger partial charge >= 0.3 is 0 Å². The van der Waals surface area contributed by atoms with E-state index in [1.165, 1.54) is 0 Å². The van der Waals surface area contributed by atoms with E-state index in [9.17, 15) is 9.90 Å². The van der Waals surface area contributed by atoms with E-state index in [0.29, 0.717) is 39.3 Å². The molecule has 5 atom stereocenters. The number of amides is 1. The van der Waals surface area contributed by atoms with Gasteiger partial charge in [-0.25, -0.2) is 0 Å². The van der Waals surface area contributed by atoms with Crippen LogP contribution in [0.25, 0.3) is 0 Å². The van der Waals surface area contributed by atoms with Crippen molar-refractivity contribution in [3.63, 3.8) is 0 Å². The quantitative estimate of drug-likeness (QED) is 0.719. The van der Waals surface area contributed by atoms with Crippen LogP contribution in [0.15, 0.2) is 24.3 Å². The first-order valence-corrected chi connectivity index (χ1v) is 9.88. The van der Waals surface area contributed by atoms with Crippen LogP contribution in [0.4, 0.5) is 0 Å². The van der Waals surface area contributed by atoms with Crippen molar-refractivity contribution >= 4 is 5.91 Å². The summed E-state index contributed by atoms with van der Waals surface area (Å²) in [5.41, 5.74) is 1.11. The van der Waals surface area contributed by atoms with Crippen molar-refractivity contribution < 1.29 is 24.1 Å². The van der Waals surface area contributed by atoms with Gasteiger partial charge in [-0.3, -0.25) is 9.69 Å². The third-order valence-electron chi connectivity index (χ3n) is 6.01. The molecule has 3 aliphatic heterocycles. The largest absolute Gasteiger partial charge is 0.497 e. The number of nitrogens with zero attached hydrogens (tertiary/aromatic N) is 2. The number of piperazine rings is 1. The average molecular weight is 391 g/mol. The van der Waals surface area contributed by atoms with E-state index in [4.69, 9.17) is 14.2 Å². The van der Waals surface area contributed by atoms with Crippen LogP contribution in [-0.2, 0) is 20.8 Å². The van der Waals surface area contributed by atoms with E-state index in [1.54, 1.807) is 14.0 Å². The Bertz CT molecular complexity index is 677. The molecule has 2 N–H and O–H groups in total. The van der Waals surface area contributed by atoms with Gasteiger partial charge in [0.25, 0.3) is 0 Å². The zero-order valence-corrected chi connectivity index (χ0v) is 16.4. The minimum atomic E-state index is -0.603. The second-order valence-electron chi connectivity index (χ2n) is 7.65. The second-order valence-corrected chi connectivity index (χ2v) is 7.65. The third kappa shape index (κ3) is 3.88. The SMILES string of the molecule is COc1ccc(CN[C@H]2[C@H](O)[C@H](N3CCN(C(C)=O)CC3)[C@@H]3OC[C@@H]2O3)cc1. The topological polar surface area (TPSA) is 83.5 Å². The monoisotopic (exact) mass is 391 g/mol. The molecular formula is C20H29N3O5. The Balaban J connectivity index is 1.40. The van der Waals surface area contributed by atoms with Crippen LogP contribution >= 0.6 is 0 Å². The first-order valence-electron chi connectivity index (χ1n) is 9.88. The number of methoxy groups -OCH3 is 1. The molecule has 0 saturated carbocycles. The minimum Gasteiger partial charge on any atom is -0.497 e. The highest BCUT2D eigenvalue weighted by Gasteiger charge is 2.52. The maximum Gasteiger partial charge on any atom is 0.219 e. The van der Waals surface area contributed by atoms with E-state index in [-0.39, 0.29) is 24.1 Å². The van der Waals surface area contributed by atoms with Gasteiger partial charge < -0.3 is 29.5 Å². The number of ether oxygens (including phenoxy) is 3. The number of fused-ring (bicyclic) bond motifs is 2. The molecule has 3 fully saturated rings. The maximum atomic E-state index is 11.6. The average Bonchev–Trinajstić information content (AvgIpc) is 3.13. The summed E-state index contributed by atoms with van der Waals surface area (Å²) in [5.74, 6) is 0.915. The molecule has 1 amide bonds. The fourth-order valence-electron chi connectivity index (χ4n) is 4.36. The van der Waals surface area contributed by atoms with Gasteiger partial charge in [-0.1, -0.05) is 12.1 Å². The second kappa shape index (κ2) is 8.34. The summed E-state index contributed by atoms with van der Waals surface area (Å²) < 4.78 is 17.1. The van der Waals surface area contributed by atoms with Gasteiger partial charge in [0.15, 0.2) is 6.29 Å². The molecule has 1 aromatic carbocycles. The van der Waals surface area contributed by atoms with Crippen molar-refractivity contribution in [1.29, 1.82) is 0 Å². The van der Waals surface area contributed by atoms with Gasteiger partial charge in [0.1, 0.15) is 11.9 Å². The van der Waals surface area contributed by atoms with E-state index in [0.717, 1.165) is 11.3 Å². The summed E-state index contributed by atoms with van der Waals surface area (Å²) in [5, 5.41) is 14.6. The molecule has 1 aromatic rings. The number of benzene rings is 1. The number of aliphatic hydroxyl groups excluding tert-OH is 1. The number of nitrogens with one attached hydrogen (secondary N) is 1. The minimum absolute atomic E-state index is 0.0938. The fraction of sp³-hybridized carbons (Fsp3) is 0.650. The summed E-state index contributed by atoms with van der Waals surface area (Å²) in [6.07, 6.45) is -1.18. The summed E-state index contributed by atoms with van der Waals surface area (Å²) in [4.78, 5) is 15.6. The lowest BCUT2D eigenvalue weighted by Crippen LogP contribution is -2.66. The van der Waals surface area contributed by atoms with Crippen molar-refractivity contribution in [2.75, 3.05) is 39.9 Å². The molecule has 3 heterocycles. The number of carbonyl (C=O) groups excluding carboxylic acids is 1. The smallest absolute Gasteiger partial charge is 0.219 e. The number of aliphatic hydroxyl groups is 1. The van der Waals surface area contributed by atoms with Crippen LogP contribution in [0.1, 0.15) is 12.5 Å². The third-order valence-corrected chi connectivity index (χ3v) is 6.01. The van der Waals surface area contributed by atoms with E-state index < -0.39 is 12.4 Å². The Morgan fingerprint density at radius 1 is 1.25 bits per heavy atom. The van der Waals surface area contributed by atoms with Gasteiger partial charge in [0.2, 0.25) is 5.91 Å². The Morgan fingerprint density at radius 3 is 2.61 bits per heavy atom.